The lowest BCUT2D eigenvalue weighted by molar-refractivity contribution is 0.247. The number of rotatable bonds is 5. The van der Waals surface area contributed by atoms with Crippen LogP contribution in [-0.4, -0.2) is 43.3 Å². The van der Waals surface area contributed by atoms with E-state index in [-0.39, 0.29) is 18.2 Å². The van der Waals surface area contributed by atoms with Crippen LogP contribution in [0, 0.1) is 12.7 Å². The maximum Gasteiger partial charge on any atom is 0.142 e. The molecule has 0 bridgehead atoms. The highest BCUT2D eigenvalue weighted by atomic mass is 35.5. The Labute approximate surface area is 176 Å². The highest BCUT2D eigenvalue weighted by molar-refractivity contribution is 5.85. The van der Waals surface area contributed by atoms with Gasteiger partial charge in [0.2, 0.25) is 0 Å². The van der Waals surface area contributed by atoms with E-state index in [0.717, 1.165) is 66.7 Å². The number of hydrogen-bond donors (Lipinski definition) is 0. The quantitative estimate of drug-likeness (QED) is 0.609. The lowest BCUT2D eigenvalue weighted by Crippen LogP contribution is -2.46. The number of aryl methyl sites for hydroxylation is 1. The fourth-order valence-corrected chi connectivity index (χ4v) is 3.70. The number of halogens is 2. The van der Waals surface area contributed by atoms with Gasteiger partial charge >= 0.3 is 0 Å². The highest BCUT2D eigenvalue weighted by Gasteiger charge is 2.23. The van der Waals surface area contributed by atoms with Crippen molar-refractivity contribution in [2.24, 2.45) is 0 Å². The molecule has 3 aromatic rings. The van der Waals surface area contributed by atoms with Crippen molar-refractivity contribution in [2.45, 2.75) is 13.5 Å². The van der Waals surface area contributed by atoms with E-state index in [1.807, 2.05) is 31.2 Å². The van der Waals surface area contributed by atoms with E-state index >= 15 is 0 Å². The largest absolute Gasteiger partial charge is 0.495 e. The fourth-order valence-electron chi connectivity index (χ4n) is 3.70. The van der Waals surface area contributed by atoms with Crippen LogP contribution >= 0.6 is 12.4 Å². The number of hydrogen-bond acceptors (Lipinski definition) is 5. The molecular weight excluding hydrogens is 393 g/mol. The van der Waals surface area contributed by atoms with Crippen LogP contribution in [0.1, 0.15) is 11.3 Å². The van der Waals surface area contributed by atoms with E-state index in [1.54, 1.807) is 13.2 Å². The number of anilines is 1. The van der Waals surface area contributed by atoms with Gasteiger partial charge in [-0.05, 0) is 31.2 Å². The molecule has 4 rings (SSSR count). The number of nitrogens with zero attached hydrogens (tertiary/aromatic N) is 3. The van der Waals surface area contributed by atoms with Crippen LogP contribution in [0.5, 0.6) is 5.75 Å². The smallest absolute Gasteiger partial charge is 0.142 e. The first-order valence-corrected chi connectivity index (χ1v) is 9.47. The minimum atomic E-state index is -0.269. The molecule has 1 fully saturated rings. The van der Waals surface area contributed by atoms with Gasteiger partial charge < -0.3 is 14.2 Å². The second-order valence-corrected chi connectivity index (χ2v) is 7.01. The lowest BCUT2D eigenvalue weighted by atomic mass is 10.1. The maximum atomic E-state index is 13.6. The van der Waals surface area contributed by atoms with Crippen molar-refractivity contribution in [3.63, 3.8) is 0 Å². The molecule has 0 atom stereocenters. The third-order valence-corrected chi connectivity index (χ3v) is 5.26. The summed E-state index contributed by atoms with van der Waals surface area (Å²) in [5.41, 5.74) is 3.63. The molecule has 0 saturated carbocycles. The summed E-state index contributed by atoms with van der Waals surface area (Å²) in [4.78, 5) is 4.73. The van der Waals surface area contributed by atoms with Crippen LogP contribution in [0.3, 0.4) is 0 Å². The Kier molecular flexibility index (Phi) is 6.77. The van der Waals surface area contributed by atoms with Crippen molar-refractivity contribution in [2.75, 3.05) is 38.2 Å². The molecule has 7 heteroatoms. The average molecular weight is 418 g/mol. The molecule has 1 aliphatic rings. The lowest BCUT2D eigenvalue weighted by Gasteiger charge is -2.36. The van der Waals surface area contributed by atoms with Crippen molar-refractivity contribution in [1.82, 2.24) is 10.1 Å². The number of para-hydroxylation sites is 2. The maximum absolute atomic E-state index is 13.6. The average Bonchev–Trinajstić information content (AvgIpc) is 3.09. The van der Waals surface area contributed by atoms with Crippen LogP contribution in [0.4, 0.5) is 10.1 Å². The minimum Gasteiger partial charge on any atom is -0.495 e. The van der Waals surface area contributed by atoms with E-state index in [0.29, 0.717) is 0 Å². The number of aromatic nitrogens is 1. The second-order valence-electron chi connectivity index (χ2n) is 7.01. The van der Waals surface area contributed by atoms with E-state index in [4.69, 9.17) is 9.26 Å². The van der Waals surface area contributed by atoms with Gasteiger partial charge in [0.1, 0.15) is 23.0 Å². The molecular formula is C22H25ClFN3O2. The Bertz CT molecular complexity index is 955. The Morgan fingerprint density at radius 2 is 1.83 bits per heavy atom. The third kappa shape index (κ3) is 4.54. The number of methoxy groups -OCH3 is 1. The molecule has 0 aliphatic carbocycles. The van der Waals surface area contributed by atoms with Gasteiger partial charge in [0.15, 0.2) is 0 Å². The summed E-state index contributed by atoms with van der Waals surface area (Å²) < 4.78 is 24.6. The molecule has 1 aliphatic heterocycles. The van der Waals surface area contributed by atoms with E-state index in [2.05, 4.69) is 21.0 Å². The summed E-state index contributed by atoms with van der Waals surface area (Å²) >= 11 is 0. The van der Waals surface area contributed by atoms with Crippen molar-refractivity contribution in [1.29, 1.82) is 0 Å². The first-order valence-electron chi connectivity index (χ1n) is 9.47. The first kappa shape index (κ1) is 21.1. The zero-order chi connectivity index (χ0) is 19.5. The summed E-state index contributed by atoms with van der Waals surface area (Å²) in [6, 6.07) is 14.6. The van der Waals surface area contributed by atoms with Gasteiger partial charge in [0.05, 0.1) is 12.8 Å². The van der Waals surface area contributed by atoms with Gasteiger partial charge in [-0.3, -0.25) is 4.90 Å². The normalized spacial score (nSPS) is 14.5. The number of ether oxygens (including phenoxy) is 1. The van der Waals surface area contributed by atoms with Crippen molar-refractivity contribution in [3.8, 4) is 17.0 Å². The van der Waals surface area contributed by atoms with E-state index in [9.17, 15) is 4.39 Å². The molecule has 1 aromatic heterocycles. The second kappa shape index (κ2) is 9.29. The number of benzene rings is 2. The molecule has 154 valence electrons. The molecule has 2 heterocycles. The zero-order valence-corrected chi connectivity index (χ0v) is 17.4. The zero-order valence-electron chi connectivity index (χ0n) is 16.6. The van der Waals surface area contributed by atoms with Gasteiger partial charge in [-0.25, -0.2) is 4.39 Å². The molecule has 0 radical (unpaired) electrons. The van der Waals surface area contributed by atoms with Crippen molar-refractivity contribution >= 4 is 18.1 Å². The topological polar surface area (TPSA) is 41.7 Å². The molecule has 29 heavy (non-hydrogen) atoms. The molecule has 0 N–H and O–H groups in total. The predicted molar refractivity (Wildman–Crippen MR) is 114 cm³/mol. The predicted octanol–water partition coefficient (Wildman–Crippen LogP) is 4.54. The molecule has 0 spiro atoms. The van der Waals surface area contributed by atoms with Gasteiger partial charge in [0.25, 0.3) is 0 Å². The third-order valence-electron chi connectivity index (χ3n) is 5.26. The standard InChI is InChI=1S/C22H24FN3O2.ClH/c1-16-19(22(24-28-16)17-6-5-7-18(23)14-17)15-25-10-12-26(13-11-25)20-8-3-4-9-21(20)27-2;/h3-9,14H,10-13,15H2,1-2H3;1H. The van der Waals surface area contributed by atoms with Gasteiger partial charge in [-0.15, -0.1) is 12.4 Å². The molecule has 0 unspecified atom stereocenters. The van der Waals surface area contributed by atoms with Crippen LogP contribution in [-0.2, 0) is 6.54 Å². The molecule has 5 nitrogen and oxygen atoms in total. The minimum absolute atomic E-state index is 0. The van der Waals surface area contributed by atoms with Gasteiger partial charge in [-0.1, -0.05) is 29.4 Å². The summed E-state index contributed by atoms with van der Waals surface area (Å²) in [5, 5.41) is 4.18. The summed E-state index contributed by atoms with van der Waals surface area (Å²) in [5.74, 6) is 1.42. The van der Waals surface area contributed by atoms with Crippen LogP contribution < -0.4 is 9.64 Å². The van der Waals surface area contributed by atoms with Crippen molar-refractivity contribution < 1.29 is 13.7 Å². The van der Waals surface area contributed by atoms with Gasteiger partial charge in [0, 0.05) is 43.9 Å². The summed E-state index contributed by atoms with van der Waals surface area (Å²) in [7, 11) is 1.71. The fraction of sp³-hybridized carbons (Fsp3) is 0.318. The summed E-state index contributed by atoms with van der Waals surface area (Å²) in [6.45, 7) is 6.33. The van der Waals surface area contributed by atoms with Crippen LogP contribution in [0.25, 0.3) is 11.3 Å². The Morgan fingerprint density at radius 1 is 1.07 bits per heavy atom. The summed E-state index contributed by atoms with van der Waals surface area (Å²) in [6.07, 6.45) is 0. The molecule has 0 amide bonds. The Hall–Kier alpha value is -2.57. The van der Waals surface area contributed by atoms with Crippen LogP contribution in [0.15, 0.2) is 53.1 Å². The highest BCUT2D eigenvalue weighted by Crippen LogP contribution is 2.30. The number of piperazine rings is 1. The molecule has 1 saturated heterocycles. The monoisotopic (exact) mass is 417 g/mol. The van der Waals surface area contributed by atoms with Crippen LogP contribution in [0.2, 0.25) is 0 Å². The van der Waals surface area contributed by atoms with E-state index in [1.165, 1.54) is 12.1 Å². The first-order chi connectivity index (χ1) is 13.7. The Balaban J connectivity index is 0.00000240. The van der Waals surface area contributed by atoms with E-state index < -0.39 is 0 Å². The van der Waals surface area contributed by atoms with Crippen molar-refractivity contribution in [3.05, 3.63) is 65.7 Å². The van der Waals surface area contributed by atoms with Gasteiger partial charge in [-0.2, -0.15) is 0 Å². The molecule has 2 aromatic carbocycles. The SMILES string of the molecule is COc1ccccc1N1CCN(Cc2c(-c3cccc(F)c3)noc2C)CC1.Cl. The Morgan fingerprint density at radius 3 is 2.55 bits per heavy atom.